The van der Waals surface area contributed by atoms with Gasteiger partial charge in [0, 0.05) is 6.08 Å². The van der Waals surface area contributed by atoms with Gasteiger partial charge in [0.25, 0.3) is 5.78 Å². The highest BCUT2D eigenvalue weighted by Gasteiger charge is 2.30. The number of carbonyl (C=O) groups is 2. The maximum atomic E-state index is 12.6. The van der Waals surface area contributed by atoms with Gasteiger partial charge in [-0.05, 0) is 47.9 Å². The first kappa shape index (κ1) is 20.6. The standard InChI is InChI=1S/C21H20N2O5/c1-4-28-21(25)20(23-22)19(24)13-18(14-5-9-16(26-2)10-6-14)15-7-11-17(27-3)12-8-15/h5-13H,4H2,1-3H3. The first-order valence-electron chi connectivity index (χ1n) is 8.48. The molecule has 0 saturated carbocycles. The third-order valence-electron chi connectivity index (χ3n) is 3.88. The molecule has 2 aromatic carbocycles. The molecular formula is C21H20N2O5. The molecule has 0 radical (unpaired) electrons. The third kappa shape index (κ3) is 4.93. The summed E-state index contributed by atoms with van der Waals surface area (Å²) in [5.74, 6) is -0.445. The highest BCUT2D eigenvalue weighted by Crippen LogP contribution is 2.27. The minimum atomic E-state index is -0.991. The van der Waals surface area contributed by atoms with E-state index in [1.165, 1.54) is 6.08 Å². The Labute approximate surface area is 162 Å². The Kier molecular flexibility index (Phi) is 7.25. The fourth-order valence-corrected chi connectivity index (χ4v) is 2.46. The minimum Gasteiger partial charge on any atom is -0.497 e. The van der Waals surface area contributed by atoms with Gasteiger partial charge in [-0.15, -0.1) is 0 Å². The number of esters is 1. The Hall–Kier alpha value is -3.70. The molecule has 0 amide bonds. The van der Waals surface area contributed by atoms with Crippen LogP contribution in [-0.4, -0.2) is 43.1 Å². The summed E-state index contributed by atoms with van der Waals surface area (Å²) in [6.45, 7) is 1.64. The van der Waals surface area contributed by atoms with Crippen LogP contribution < -0.4 is 9.47 Å². The van der Waals surface area contributed by atoms with E-state index in [0.717, 1.165) is 0 Å². The van der Waals surface area contributed by atoms with Gasteiger partial charge in [0.05, 0.1) is 20.8 Å². The van der Waals surface area contributed by atoms with E-state index in [1.807, 2.05) is 0 Å². The Morgan fingerprint density at radius 3 is 1.75 bits per heavy atom. The summed E-state index contributed by atoms with van der Waals surface area (Å²) >= 11 is 0. The molecule has 0 spiro atoms. The number of methoxy groups -OCH3 is 2. The second kappa shape index (κ2) is 9.85. The molecule has 7 heteroatoms. The average Bonchev–Trinajstić information content (AvgIpc) is 2.73. The van der Waals surface area contributed by atoms with Gasteiger partial charge >= 0.3 is 11.7 Å². The predicted molar refractivity (Wildman–Crippen MR) is 103 cm³/mol. The quantitative estimate of drug-likeness (QED) is 0.175. The maximum absolute atomic E-state index is 12.6. The van der Waals surface area contributed by atoms with Crippen molar-refractivity contribution in [3.63, 3.8) is 0 Å². The van der Waals surface area contributed by atoms with Crippen LogP contribution in [0.25, 0.3) is 11.1 Å². The van der Waals surface area contributed by atoms with Crippen molar-refractivity contribution in [2.24, 2.45) is 0 Å². The lowest BCUT2D eigenvalue weighted by Crippen LogP contribution is -2.26. The molecule has 28 heavy (non-hydrogen) atoms. The summed E-state index contributed by atoms with van der Waals surface area (Å²) in [5, 5.41) is 0. The van der Waals surface area contributed by atoms with Crippen LogP contribution in [0.3, 0.4) is 0 Å². The van der Waals surface area contributed by atoms with Crippen LogP contribution in [-0.2, 0) is 14.3 Å². The fourth-order valence-electron chi connectivity index (χ4n) is 2.46. The van der Waals surface area contributed by atoms with Crippen molar-refractivity contribution in [2.75, 3.05) is 20.8 Å². The van der Waals surface area contributed by atoms with E-state index in [0.29, 0.717) is 28.2 Å². The number of benzene rings is 2. The van der Waals surface area contributed by atoms with Crippen molar-refractivity contribution in [3.8, 4) is 11.5 Å². The van der Waals surface area contributed by atoms with Crippen LogP contribution in [0.1, 0.15) is 18.1 Å². The number of allylic oxidation sites excluding steroid dienone is 1. The largest absolute Gasteiger partial charge is 0.497 e. The topological polar surface area (TPSA) is 98.2 Å². The Morgan fingerprint density at radius 2 is 1.39 bits per heavy atom. The summed E-state index contributed by atoms with van der Waals surface area (Å²) in [4.78, 5) is 27.2. The summed E-state index contributed by atoms with van der Waals surface area (Å²) in [6.07, 6.45) is 1.23. The van der Waals surface area contributed by atoms with E-state index in [2.05, 4.69) is 4.79 Å². The van der Waals surface area contributed by atoms with Gasteiger partial charge in [0.1, 0.15) is 11.5 Å². The Balaban J connectivity index is 2.52. The highest BCUT2D eigenvalue weighted by atomic mass is 16.5. The number of hydrogen-bond acceptors (Lipinski definition) is 5. The number of hydrogen-bond donors (Lipinski definition) is 0. The van der Waals surface area contributed by atoms with Crippen molar-refractivity contribution in [1.82, 2.24) is 0 Å². The lowest BCUT2D eigenvalue weighted by molar-refractivity contribution is -0.141. The molecule has 144 valence electrons. The van der Waals surface area contributed by atoms with Gasteiger partial charge in [0.2, 0.25) is 0 Å². The fraction of sp³-hybridized carbons (Fsp3) is 0.190. The summed E-state index contributed by atoms with van der Waals surface area (Å²) < 4.78 is 15.1. The van der Waals surface area contributed by atoms with E-state index >= 15 is 0 Å². The molecule has 0 fully saturated rings. The van der Waals surface area contributed by atoms with E-state index in [4.69, 9.17) is 19.7 Å². The van der Waals surface area contributed by atoms with E-state index in [1.54, 1.807) is 69.7 Å². The van der Waals surface area contributed by atoms with E-state index in [-0.39, 0.29) is 6.61 Å². The highest BCUT2D eigenvalue weighted by molar-refractivity contribution is 6.65. The van der Waals surface area contributed by atoms with Crippen molar-refractivity contribution in [2.45, 2.75) is 6.92 Å². The number of ether oxygens (including phenoxy) is 3. The van der Waals surface area contributed by atoms with Gasteiger partial charge in [-0.2, -0.15) is 4.79 Å². The van der Waals surface area contributed by atoms with Crippen LogP contribution in [0.15, 0.2) is 54.6 Å². The van der Waals surface area contributed by atoms with Crippen molar-refractivity contribution in [1.29, 1.82) is 0 Å². The number of ketones is 1. The minimum absolute atomic E-state index is 0.0542. The van der Waals surface area contributed by atoms with Crippen LogP contribution in [0.4, 0.5) is 0 Å². The second-order valence-electron chi connectivity index (χ2n) is 5.55. The normalized spacial score (nSPS) is 9.68. The molecule has 0 aliphatic rings. The SMILES string of the molecule is CCOC(=O)C(=[N+]=[N-])C(=O)C=C(c1ccc(OC)cc1)c1ccc(OC)cc1. The van der Waals surface area contributed by atoms with Gasteiger partial charge < -0.3 is 19.7 Å². The molecule has 0 N–H and O–H groups in total. The van der Waals surface area contributed by atoms with Crippen LogP contribution in [0, 0.1) is 0 Å². The molecule has 0 aliphatic heterocycles. The summed E-state index contributed by atoms with van der Waals surface area (Å²) in [5.41, 5.74) is 10.3. The molecule has 7 nitrogen and oxygen atoms in total. The lowest BCUT2D eigenvalue weighted by Gasteiger charge is -2.10. The van der Waals surface area contributed by atoms with Gasteiger partial charge in [-0.25, -0.2) is 4.79 Å². The second-order valence-corrected chi connectivity index (χ2v) is 5.55. The van der Waals surface area contributed by atoms with Gasteiger partial charge in [-0.3, -0.25) is 4.79 Å². The van der Waals surface area contributed by atoms with Crippen molar-refractivity contribution in [3.05, 3.63) is 71.3 Å². The number of carbonyl (C=O) groups excluding carboxylic acids is 2. The van der Waals surface area contributed by atoms with Crippen molar-refractivity contribution < 1.29 is 28.6 Å². The maximum Gasteiger partial charge on any atom is 0.445 e. The first-order valence-corrected chi connectivity index (χ1v) is 8.48. The zero-order chi connectivity index (χ0) is 20.5. The molecule has 2 rings (SSSR count). The summed E-state index contributed by atoms with van der Waals surface area (Å²) in [7, 11) is 3.12. The molecule has 0 bridgehead atoms. The molecular weight excluding hydrogens is 360 g/mol. The monoisotopic (exact) mass is 380 g/mol. The van der Waals surface area contributed by atoms with Crippen LogP contribution in [0.5, 0.6) is 11.5 Å². The number of rotatable bonds is 8. The Bertz CT molecular complexity index is 875. The van der Waals surface area contributed by atoms with Crippen LogP contribution in [0.2, 0.25) is 0 Å². The molecule has 0 heterocycles. The number of nitrogens with zero attached hydrogens (tertiary/aromatic N) is 2. The molecule has 0 unspecified atom stereocenters. The third-order valence-corrected chi connectivity index (χ3v) is 3.88. The zero-order valence-electron chi connectivity index (χ0n) is 15.8. The predicted octanol–water partition coefficient (Wildman–Crippen LogP) is 2.94. The zero-order valence-corrected chi connectivity index (χ0v) is 15.8. The molecule has 0 aromatic heterocycles. The van der Waals surface area contributed by atoms with E-state index in [9.17, 15) is 9.59 Å². The molecule has 0 atom stereocenters. The average molecular weight is 380 g/mol. The smallest absolute Gasteiger partial charge is 0.445 e. The molecule has 2 aromatic rings. The summed E-state index contributed by atoms with van der Waals surface area (Å²) in [6, 6.07) is 14.1. The van der Waals surface area contributed by atoms with E-state index < -0.39 is 17.5 Å². The lowest BCUT2D eigenvalue weighted by atomic mass is 9.95. The van der Waals surface area contributed by atoms with Crippen molar-refractivity contribution >= 4 is 23.0 Å². The van der Waals surface area contributed by atoms with Gasteiger partial charge in [0.15, 0.2) is 0 Å². The molecule has 0 saturated heterocycles. The van der Waals surface area contributed by atoms with Gasteiger partial charge in [-0.1, -0.05) is 24.3 Å². The van der Waals surface area contributed by atoms with Crippen LogP contribution >= 0.6 is 0 Å². The molecule has 0 aliphatic carbocycles. The first-order chi connectivity index (χ1) is 13.5. The Morgan fingerprint density at radius 1 is 0.929 bits per heavy atom.